The van der Waals surface area contributed by atoms with E-state index in [1.165, 1.54) is 0 Å². The maximum absolute atomic E-state index is 5.08. The predicted molar refractivity (Wildman–Crippen MR) is 58.1 cm³/mol. The highest BCUT2D eigenvalue weighted by Crippen LogP contribution is 2.05. The van der Waals surface area contributed by atoms with Gasteiger partial charge in [0.15, 0.2) is 5.82 Å². The number of hydrogen-bond acceptors (Lipinski definition) is 5. The predicted octanol–water partition coefficient (Wildman–Crippen LogP) is 1.82. The molecule has 0 saturated heterocycles. The first-order valence-corrected chi connectivity index (χ1v) is 6.19. The van der Waals surface area contributed by atoms with Crippen molar-refractivity contribution in [1.82, 2.24) is 15.5 Å². The second-order valence-electron chi connectivity index (χ2n) is 3.23. The maximum Gasteiger partial charge on any atom is 0.240 e. The van der Waals surface area contributed by atoms with E-state index in [0.29, 0.717) is 18.5 Å². The van der Waals surface area contributed by atoms with Crippen LogP contribution in [0.3, 0.4) is 0 Å². The van der Waals surface area contributed by atoms with Crippen LogP contribution in [-0.4, -0.2) is 22.4 Å². The number of thioether (sulfide) groups is 1. The summed E-state index contributed by atoms with van der Waals surface area (Å²) in [5.74, 6) is 2.26. The fourth-order valence-corrected chi connectivity index (χ4v) is 1.33. The first kappa shape index (κ1) is 11.5. The molecule has 1 N–H and O–H groups in total. The molecule has 80 valence electrons. The smallest absolute Gasteiger partial charge is 0.240 e. The molecule has 0 bridgehead atoms. The molecule has 1 aromatic rings. The van der Waals surface area contributed by atoms with E-state index in [0.717, 1.165) is 18.0 Å². The number of aromatic nitrogens is 2. The second kappa shape index (κ2) is 6.03. The minimum atomic E-state index is 0.492. The van der Waals surface area contributed by atoms with Gasteiger partial charge in [0.25, 0.3) is 0 Å². The van der Waals surface area contributed by atoms with E-state index in [4.69, 9.17) is 4.52 Å². The van der Waals surface area contributed by atoms with Gasteiger partial charge in [-0.2, -0.15) is 16.7 Å². The van der Waals surface area contributed by atoms with Crippen molar-refractivity contribution in [3.63, 3.8) is 0 Å². The van der Waals surface area contributed by atoms with Crippen LogP contribution in [0.25, 0.3) is 0 Å². The van der Waals surface area contributed by atoms with Crippen LogP contribution in [0.4, 0.5) is 0 Å². The fraction of sp³-hybridized carbons (Fsp3) is 0.778. The molecule has 4 nitrogen and oxygen atoms in total. The van der Waals surface area contributed by atoms with E-state index >= 15 is 0 Å². The molecule has 0 amide bonds. The van der Waals surface area contributed by atoms with Crippen LogP contribution < -0.4 is 5.32 Å². The Bertz CT molecular complexity index is 264. The summed E-state index contributed by atoms with van der Waals surface area (Å²) in [6.45, 7) is 4.94. The highest BCUT2D eigenvalue weighted by molar-refractivity contribution is 7.97. The largest absolute Gasteiger partial charge is 0.338 e. The van der Waals surface area contributed by atoms with Crippen molar-refractivity contribution >= 4 is 11.8 Å². The van der Waals surface area contributed by atoms with Gasteiger partial charge < -0.3 is 9.84 Å². The molecular formula is C9H17N3OS. The molecule has 0 aliphatic heterocycles. The van der Waals surface area contributed by atoms with Crippen molar-refractivity contribution in [3.8, 4) is 0 Å². The number of rotatable bonds is 6. The zero-order chi connectivity index (χ0) is 10.4. The molecule has 1 unspecified atom stereocenters. The van der Waals surface area contributed by atoms with Gasteiger partial charge in [-0.05, 0) is 19.6 Å². The molecule has 1 rings (SSSR count). The van der Waals surface area contributed by atoms with Crippen molar-refractivity contribution < 1.29 is 4.52 Å². The Morgan fingerprint density at radius 3 is 3.00 bits per heavy atom. The highest BCUT2D eigenvalue weighted by atomic mass is 32.2. The molecule has 0 aromatic carbocycles. The summed E-state index contributed by atoms with van der Waals surface area (Å²) in [5.41, 5.74) is 0. The quantitative estimate of drug-likeness (QED) is 0.784. The topological polar surface area (TPSA) is 51.0 Å². The van der Waals surface area contributed by atoms with Gasteiger partial charge in [0, 0.05) is 6.04 Å². The Balaban J connectivity index is 2.35. The third kappa shape index (κ3) is 3.67. The summed E-state index contributed by atoms with van der Waals surface area (Å²) in [6, 6.07) is 0.492. The lowest BCUT2D eigenvalue weighted by atomic mass is 10.3. The summed E-state index contributed by atoms with van der Waals surface area (Å²) in [6.07, 6.45) is 3.12. The summed E-state index contributed by atoms with van der Waals surface area (Å²) < 4.78 is 5.08. The van der Waals surface area contributed by atoms with Crippen molar-refractivity contribution in [1.29, 1.82) is 0 Å². The molecule has 0 fully saturated rings. The molecule has 1 heterocycles. The van der Waals surface area contributed by atoms with Crippen molar-refractivity contribution in [2.24, 2.45) is 0 Å². The summed E-state index contributed by atoms with van der Waals surface area (Å²) in [4.78, 5) is 4.25. The van der Waals surface area contributed by atoms with Crippen LogP contribution in [0.2, 0.25) is 0 Å². The van der Waals surface area contributed by atoms with Crippen LogP contribution in [0.15, 0.2) is 4.52 Å². The van der Waals surface area contributed by atoms with E-state index in [2.05, 4.69) is 29.3 Å². The van der Waals surface area contributed by atoms with E-state index in [9.17, 15) is 0 Å². The Kier molecular flexibility index (Phi) is 4.97. The lowest BCUT2D eigenvalue weighted by molar-refractivity contribution is 0.355. The standard InChI is InChI=1S/C9H17N3OS/c1-4-7(2)10-5-9-11-8(6-14-3)12-13-9/h7,10H,4-6H2,1-3H3. The van der Waals surface area contributed by atoms with Crippen LogP contribution in [0, 0.1) is 0 Å². The van der Waals surface area contributed by atoms with E-state index in [1.807, 2.05) is 6.26 Å². The SMILES string of the molecule is CCC(C)NCc1nc(CSC)no1. The Hall–Kier alpha value is -0.550. The van der Waals surface area contributed by atoms with Gasteiger partial charge in [0.05, 0.1) is 12.3 Å². The van der Waals surface area contributed by atoms with Gasteiger partial charge in [0.2, 0.25) is 5.89 Å². The maximum atomic E-state index is 5.08. The number of nitrogens with one attached hydrogen (secondary N) is 1. The van der Waals surface area contributed by atoms with Crippen LogP contribution in [0.5, 0.6) is 0 Å². The minimum absolute atomic E-state index is 0.492. The normalized spacial score (nSPS) is 13.1. The van der Waals surface area contributed by atoms with Crippen LogP contribution in [-0.2, 0) is 12.3 Å². The molecule has 0 radical (unpaired) electrons. The summed E-state index contributed by atoms with van der Waals surface area (Å²) in [7, 11) is 0. The number of hydrogen-bond donors (Lipinski definition) is 1. The van der Waals surface area contributed by atoms with Crippen LogP contribution in [0.1, 0.15) is 32.0 Å². The van der Waals surface area contributed by atoms with E-state index in [1.54, 1.807) is 11.8 Å². The summed E-state index contributed by atoms with van der Waals surface area (Å²) in [5, 5.41) is 7.16. The molecular weight excluding hydrogens is 198 g/mol. The average Bonchev–Trinajstić information content (AvgIpc) is 2.63. The molecule has 1 atom stereocenters. The zero-order valence-electron chi connectivity index (χ0n) is 8.91. The van der Waals surface area contributed by atoms with Gasteiger partial charge >= 0.3 is 0 Å². The Morgan fingerprint density at radius 1 is 1.57 bits per heavy atom. The first-order chi connectivity index (χ1) is 6.76. The van der Waals surface area contributed by atoms with E-state index < -0.39 is 0 Å². The van der Waals surface area contributed by atoms with Gasteiger partial charge in [-0.1, -0.05) is 12.1 Å². The lowest BCUT2D eigenvalue weighted by Gasteiger charge is -2.07. The Labute approximate surface area is 88.8 Å². The Morgan fingerprint density at radius 2 is 2.36 bits per heavy atom. The molecule has 0 aliphatic carbocycles. The first-order valence-electron chi connectivity index (χ1n) is 4.80. The van der Waals surface area contributed by atoms with Crippen molar-refractivity contribution in [3.05, 3.63) is 11.7 Å². The third-order valence-electron chi connectivity index (χ3n) is 2.00. The average molecular weight is 215 g/mol. The lowest BCUT2D eigenvalue weighted by Crippen LogP contribution is -2.24. The minimum Gasteiger partial charge on any atom is -0.338 e. The van der Waals surface area contributed by atoms with Gasteiger partial charge in [-0.15, -0.1) is 0 Å². The number of nitrogens with zero attached hydrogens (tertiary/aromatic N) is 2. The summed E-state index contributed by atoms with van der Waals surface area (Å²) >= 11 is 1.69. The highest BCUT2D eigenvalue weighted by Gasteiger charge is 2.06. The molecule has 14 heavy (non-hydrogen) atoms. The molecule has 5 heteroatoms. The van der Waals surface area contributed by atoms with Crippen LogP contribution >= 0.6 is 11.8 Å². The zero-order valence-corrected chi connectivity index (χ0v) is 9.73. The fourth-order valence-electron chi connectivity index (χ4n) is 0.956. The monoisotopic (exact) mass is 215 g/mol. The van der Waals surface area contributed by atoms with E-state index in [-0.39, 0.29) is 0 Å². The van der Waals surface area contributed by atoms with Gasteiger partial charge in [-0.3, -0.25) is 0 Å². The van der Waals surface area contributed by atoms with Crippen molar-refractivity contribution in [2.45, 2.75) is 38.6 Å². The molecule has 1 aromatic heterocycles. The van der Waals surface area contributed by atoms with Gasteiger partial charge in [-0.25, -0.2) is 0 Å². The van der Waals surface area contributed by atoms with Crippen molar-refractivity contribution in [2.75, 3.05) is 6.26 Å². The molecule has 0 aliphatic rings. The second-order valence-corrected chi connectivity index (χ2v) is 4.09. The molecule has 0 saturated carbocycles. The molecule has 0 spiro atoms. The third-order valence-corrected chi connectivity index (χ3v) is 2.54. The van der Waals surface area contributed by atoms with Gasteiger partial charge in [0.1, 0.15) is 0 Å².